The van der Waals surface area contributed by atoms with Crippen molar-refractivity contribution in [2.45, 2.75) is 19.4 Å². The van der Waals surface area contributed by atoms with Crippen molar-refractivity contribution >= 4 is 33.6 Å². The molecular formula is C23H24ClN5OS. The molecule has 0 unspecified atom stereocenters. The van der Waals surface area contributed by atoms with Gasteiger partial charge in [0.1, 0.15) is 0 Å². The summed E-state index contributed by atoms with van der Waals surface area (Å²) in [5, 5.41) is 16.2. The lowest BCUT2D eigenvalue weighted by atomic mass is 10.0. The third-order valence-corrected chi connectivity index (χ3v) is 7.12. The number of aromatic nitrogens is 3. The quantitative estimate of drug-likeness (QED) is 0.477. The van der Waals surface area contributed by atoms with Crippen LogP contribution in [0.3, 0.4) is 0 Å². The Kier molecular flexibility index (Phi) is 5.56. The van der Waals surface area contributed by atoms with Crippen molar-refractivity contribution in [3.8, 4) is 5.88 Å². The molecule has 160 valence electrons. The van der Waals surface area contributed by atoms with Gasteiger partial charge >= 0.3 is 0 Å². The number of aromatic hydroxyl groups is 1. The highest BCUT2D eigenvalue weighted by atomic mass is 35.5. The van der Waals surface area contributed by atoms with E-state index in [9.17, 15) is 5.11 Å². The van der Waals surface area contributed by atoms with Crippen molar-refractivity contribution in [1.82, 2.24) is 19.5 Å². The number of para-hydroxylation sites is 1. The largest absolute Gasteiger partial charge is 0.492 e. The fraction of sp³-hybridized carbons (Fsp3) is 0.304. The Balaban J connectivity index is 1.48. The Hall–Kier alpha value is -2.61. The van der Waals surface area contributed by atoms with Gasteiger partial charge < -0.3 is 10.0 Å². The monoisotopic (exact) mass is 453 g/mol. The van der Waals surface area contributed by atoms with Crippen LogP contribution in [-0.4, -0.2) is 50.8 Å². The van der Waals surface area contributed by atoms with Gasteiger partial charge in [0.2, 0.25) is 10.8 Å². The predicted molar refractivity (Wildman–Crippen MR) is 125 cm³/mol. The number of nitrogens with zero attached hydrogens (tertiary/aromatic N) is 5. The molecule has 3 heterocycles. The molecule has 1 N–H and O–H groups in total. The molecule has 0 saturated carbocycles. The van der Waals surface area contributed by atoms with Crippen LogP contribution in [0, 0.1) is 0 Å². The minimum atomic E-state index is -0.0752. The highest BCUT2D eigenvalue weighted by Gasteiger charge is 2.31. The van der Waals surface area contributed by atoms with Crippen molar-refractivity contribution in [1.29, 1.82) is 0 Å². The number of aryl methyl sites for hydroxylation is 1. The summed E-state index contributed by atoms with van der Waals surface area (Å²) in [4.78, 5) is 11.0. The zero-order valence-corrected chi connectivity index (χ0v) is 18.9. The molecule has 0 amide bonds. The van der Waals surface area contributed by atoms with Crippen LogP contribution in [0.25, 0.3) is 4.96 Å². The molecule has 2 aromatic carbocycles. The molecule has 0 spiro atoms. The number of benzene rings is 2. The van der Waals surface area contributed by atoms with E-state index in [1.807, 2.05) is 37.3 Å². The van der Waals surface area contributed by atoms with Crippen LogP contribution >= 0.6 is 22.9 Å². The smallest absolute Gasteiger partial charge is 0.230 e. The normalized spacial score (nSPS) is 16.1. The lowest BCUT2D eigenvalue weighted by Gasteiger charge is -2.40. The summed E-state index contributed by atoms with van der Waals surface area (Å²) in [6.45, 7) is 5.64. The topological polar surface area (TPSA) is 56.9 Å². The molecule has 1 saturated heterocycles. The third-order valence-electron chi connectivity index (χ3n) is 5.79. The first kappa shape index (κ1) is 20.3. The predicted octanol–water partition coefficient (Wildman–Crippen LogP) is 4.62. The van der Waals surface area contributed by atoms with Crippen molar-refractivity contribution in [2.24, 2.45) is 0 Å². The highest BCUT2D eigenvalue weighted by molar-refractivity contribution is 7.17. The molecule has 6 nitrogen and oxygen atoms in total. The van der Waals surface area contributed by atoms with Gasteiger partial charge in [0.05, 0.1) is 10.9 Å². The van der Waals surface area contributed by atoms with Crippen LogP contribution in [0.15, 0.2) is 54.6 Å². The van der Waals surface area contributed by atoms with Crippen molar-refractivity contribution < 1.29 is 5.11 Å². The Labute approximate surface area is 190 Å². The fourth-order valence-electron chi connectivity index (χ4n) is 4.17. The maximum absolute atomic E-state index is 11.1. The maximum Gasteiger partial charge on any atom is 0.230 e. The number of halogens is 1. The first-order valence-corrected chi connectivity index (χ1v) is 11.7. The Morgan fingerprint density at radius 1 is 1.03 bits per heavy atom. The van der Waals surface area contributed by atoms with Crippen molar-refractivity contribution in [2.75, 3.05) is 31.1 Å². The van der Waals surface area contributed by atoms with Crippen LogP contribution in [0.4, 0.5) is 5.69 Å². The Bertz CT molecular complexity index is 1170. The number of rotatable bonds is 5. The summed E-state index contributed by atoms with van der Waals surface area (Å²) in [6.07, 6.45) is 0.741. The lowest BCUT2D eigenvalue weighted by molar-refractivity contribution is 0.211. The van der Waals surface area contributed by atoms with Crippen LogP contribution in [-0.2, 0) is 6.42 Å². The van der Waals surface area contributed by atoms with E-state index in [1.165, 1.54) is 17.0 Å². The van der Waals surface area contributed by atoms with Gasteiger partial charge in [-0.1, -0.05) is 60.2 Å². The Morgan fingerprint density at radius 2 is 1.74 bits per heavy atom. The Morgan fingerprint density at radius 3 is 2.39 bits per heavy atom. The SMILES string of the molecule is CCc1nc2sc([C@@H](c3ccc(Cl)cc3)N3CCN(c4ccccc4)CC3)c(O)n2n1. The van der Waals surface area contributed by atoms with E-state index < -0.39 is 0 Å². The van der Waals surface area contributed by atoms with Gasteiger partial charge in [-0.2, -0.15) is 4.52 Å². The minimum absolute atomic E-state index is 0.0752. The van der Waals surface area contributed by atoms with Gasteiger partial charge in [-0.3, -0.25) is 4.90 Å². The number of thiazole rings is 1. The average molecular weight is 454 g/mol. The summed E-state index contributed by atoms with van der Waals surface area (Å²) in [5.74, 6) is 0.922. The molecule has 0 aliphatic carbocycles. The van der Waals surface area contributed by atoms with E-state index in [-0.39, 0.29) is 11.9 Å². The standard InChI is InChI=1S/C23H24ClN5OS/c1-2-19-25-23-29(26-19)22(30)21(31-23)20(16-8-10-17(24)11-9-16)28-14-12-27(13-15-28)18-6-4-3-5-7-18/h3-11,20,30H,2,12-15H2,1H3/t20-/m1/s1. The van der Waals surface area contributed by atoms with E-state index in [2.05, 4.69) is 44.1 Å². The van der Waals surface area contributed by atoms with E-state index in [1.54, 1.807) is 4.52 Å². The molecule has 1 atom stereocenters. The van der Waals surface area contributed by atoms with E-state index in [0.717, 1.165) is 53.8 Å². The second-order valence-electron chi connectivity index (χ2n) is 7.68. The summed E-state index contributed by atoms with van der Waals surface area (Å²) >= 11 is 7.66. The third kappa shape index (κ3) is 3.89. The van der Waals surface area contributed by atoms with Gasteiger partial charge in [-0.15, -0.1) is 5.10 Å². The van der Waals surface area contributed by atoms with Crippen LogP contribution in [0.5, 0.6) is 5.88 Å². The van der Waals surface area contributed by atoms with Gasteiger partial charge in [0, 0.05) is 43.3 Å². The number of piperazine rings is 1. The van der Waals surface area contributed by atoms with E-state index in [0.29, 0.717) is 5.02 Å². The molecule has 1 aliphatic heterocycles. The molecule has 4 aromatic rings. The molecule has 8 heteroatoms. The lowest BCUT2D eigenvalue weighted by Crippen LogP contribution is -2.47. The number of hydrogen-bond donors (Lipinski definition) is 1. The molecule has 0 bridgehead atoms. The first-order valence-electron chi connectivity index (χ1n) is 10.5. The number of anilines is 1. The molecule has 1 aliphatic rings. The van der Waals surface area contributed by atoms with Gasteiger partial charge in [0.15, 0.2) is 5.82 Å². The second kappa shape index (κ2) is 8.49. The van der Waals surface area contributed by atoms with Crippen LogP contribution < -0.4 is 4.90 Å². The summed E-state index contributed by atoms with van der Waals surface area (Å²) in [5.41, 5.74) is 2.35. The maximum atomic E-state index is 11.1. The zero-order valence-electron chi connectivity index (χ0n) is 17.3. The van der Waals surface area contributed by atoms with E-state index >= 15 is 0 Å². The van der Waals surface area contributed by atoms with Crippen molar-refractivity contribution in [3.63, 3.8) is 0 Å². The van der Waals surface area contributed by atoms with Gasteiger partial charge in [0.25, 0.3) is 0 Å². The van der Waals surface area contributed by atoms with Gasteiger partial charge in [-0.05, 0) is 29.8 Å². The van der Waals surface area contributed by atoms with Crippen LogP contribution in [0.1, 0.15) is 29.2 Å². The fourth-order valence-corrected chi connectivity index (χ4v) is 5.43. The second-order valence-corrected chi connectivity index (χ2v) is 9.12. The molecular weight excluding hydrogens is 430 g/mol. The molecule has 0 radical (unpaired) electrons. The minimum Gasteiger partial charge on any atom is -0.492 e. The molecule has 2 aromatic heterocycles. The summed E-state index contributed by atoms with van der Waals surface area (Å²) in [6, 6.07) is 18.4. The summed E-state index contributed by atoms with van der Waals surface area (Å²) < 4.78 is 1.57. The molecule has 31 heavy (non-hydrogen) atoms. The molecule has 5 rings (SSSR count). The average Bonchev–Trinajstić information content (AvgIpc) is 3.35. The molecule has 1 fully saturated rings. The van der Waals surface area contributed by atoms with Crippen LogP contribution in [0.2, 0.25) is 5.02 Å². The van der Waals surface area contributed by atoms with Crippen molar-refractivity contribution in [3.05, 3.63) is 75.9 Å². The number of fused-ring (bicyclic) bond motifs is 1. The highest BCUT2D eigenvalue weighted by Crippen LogP contribution is 2.40. The number of hydrogen-bond acceptors (Lipinski definition) is 6. The van der Waals surface area contributed by atoms with E-state index in [4.69, 9.17) is 11.6 Å². The van der Waals surface area contributed by atoms with Gasteiger partial charge in [-0.25, -0.2) is 4.98 Å². The zero-order chi connectivity index (χ0) is 21.4. The first-order chi connectivity index (χ1) is 15.1. The summed E-state index contributed by atoms with van der Waals surface area (Å²) in [7, 11) is 0.